The molecule has 0 amide bonds. The van der Waals surface area contributed by atoms with Crippen LogP contribution in [0, 0.1) is 0 Å². The number of carboxylic acids is 1. The minimum atomic E-state index is -1.77. The lowest BCUT2D eigenvalue weighted by Crippen LogP contribution is -2.36. The number of benzene rings is 1. The van der Waals surface area contributed by atoms with Crippen molar-refractivity contribution in [3.8, 4) is 5.75 Å². The van der Waals surface area contributed by atoms with Gasteiger partial charge in [0.1, 0.15) is 11.9 Å². The lowest BCUT2D eigenvalue weighted by atomic mass is 10.1. The second-order valence-electron chi connectivity index (χ2n) is 5.60. The van der Waals surface area contributed by atoms with Gasteiger partial charge in [0, 0.05) is 12.0 Å². The molecule has 5 nitrogen and oxygen atoms in total. The Morgan fingerprint density at radius 1 is 1.09 bits per heavy atom. The van der Waals surface area contributed by atoms with E-state index >= 15 is 0 Å². The molecule has 1 N–H and O–H groups in total. The highest BCUT2D eigenvalue weighted by molar-refractivity contribution is 5.98. The summed E-state index contributed by atoms with van der Waals surface area (Å²) in [5, 5.41) is 19.5. The Labute approximate surface area is 137 Å². The Kier molecular flexibility index (Phi) is 8.98. The fraction of sp³-hybridized carbons (Fsp3) is 0.556. The van der Waals surface area contributed by atoms with Crippen LogP contribution in [0.15, 0.2) is 24.3 Å². The number of hydrogen-bond donors (Lipinski definition) is 1. The maximum Gasteiger partial charge on any atom is 0.165 e. The fourth-order valence-electron chi connectivity index (χ4n) is 2.19. The lowest BCUT2D eigenvalue weighted by molar-refractivity contribution is -0.314. The van der Waals surface area contributed by atoms with Crippen molar-refractivity contribution in [3.63, 3.8) is 0 Å². The summed E-state index contributed by atoms with van der Waals surface area (Å²) in [5.74, 6) is -1.41. The number of aliphatic carboxylic acids is 1. The van der Waals surface area contributed by atoms with Gasteiger partial charge in [-0.3, -0.25) is 4.79 Å². The zero-order valence-corrected chi connectivity index (χ0v) is 13.6. The number of aliphatic hydroxyl groups excluding tert-OH is 1. The monoisotopic (exact) mass is 321 g/mol. The van der Waals surface area contributed by atoms with Crippen molar-refractivity contribution >= 4 is 11.8 Å². The number of aliphatic hydroxyl groups is 1. The largest absolute Gasteiger partial charge is 0.547 e. The van der Waals surface area contributed by atoms with E-state index in [0.717, 1.165) is 12.8 Å². The van der Waals surface area contributed by atoms with Crippen LogP contribution in [0.4, 0.5) is 0 Å². The highest BCUT2D eigenvalue weighted by atomic mass is 16.5. The van der Waals surface area contributed by atoms with Gasteiger partial charge in [-0.1, -0.05) is 39.0 Å². The number of ketones is 1. The van der Waals surface area contributed by atoms with Crippen LogP contribution in [0.25, 0.3) is 0 Å². The number of Topliss-reactive ketones (excluding diaryl/α,β-unsaturated/α-hetero) is 1. The first kappa shape index (κ1) is 19.2. The SMILES string of the molecule is CCCCCCCCOc1ccc(C(=O)CC(O)C(=O)[O-])cc1. The van der Waals surface area contributed by atoms with Gasteiger partial charge in [-0.05, 0) is 30.7 Å². The number of unbranched alkanes of at least 4 members (excludes halogenated alkanes) is 5. The minimum absolute atomic E-state index is 0.345. The summed E-state index contributed by atoms with van der Waals surface area (Å²) in [6.07, 6.45) is 4.91. The van der Waals surface area contributed by atoms with Crippen LogP contribution in [0.3, 0.4) is 0 Å². The molecule has 0 fully saturated rings. The van der Waals surface area contributed by atoms with Crippen molar-refractivity contribution in [2.24, 2.45) is 0 Å². The van der Waals surface area contributed by atoms with Gasteiger partial charge in [0.2, 0.25) is 0 Å². The van der Waals surface area contributed by atoms with Crippen molar-refractivity contribution in [3.05, 3.63) is 29.8 Å². The summed E-state index contributed by atoms with van der Waals surface area (Å²) in [7, 11) is 0. The molecule has 128 valence electrons. The molecule has 0 aliphatic heterocycles. The molecule has 0 aromatic heterocycles. The molecule has 0 bridgehead atoms. The van der Waals surface area contributed by atoms with E-state index in [0.29, 0.717) is 17.9 Å². The molecule has 1 atom stereocenters. The summed E-state index contributed by atoms with van der Waals surface area (Å²) in [6.45, 7) is 2.83. The maximum atomic E-state index is 11.8. The predicted octanol–water partition coefficient (Wildman–Crippen LogP) is 2.11. The van der Waals surface area contributed by atoms with Crippen LogP contribution in [-0.4, -0.2) is 29.6 Å². The molecule has 0 saturated carbocycles. The number of carbonyl (C=O) groups excluding carboxylic acids is 2. The molecule has 1 aromatic rings. The third-order valence-electron chi connectivity index (χ3n) is 3.59. The van der Waals surface area contributed by atoms with Crippen LogP contribution in [0.2, 0.25) is 0 Å². The normalized spacial score (nSPS) is 11.9. The fourth-order valence-corrected chi connectivity index (χ4v) is 2.19. The maximum absolute atomic E-state index is 11.8. The minimum Gasteiger partial charge on any atom is -0.547 e. The second kappa shape index (κ2) is 10.8. The van der Waals surface area contributed by atoms with Gasteiger partial charge in [-0.15, -0.1) is 0 Å². The third kappa shape index (κ3) is 7.79. The first-order valence-corrected chi connectivity index (χ1v) is 8.19. The summed E-state index contributed by atoms with van der Waals surface area (Å²) < 4.78 is 5.60. The molecule has 0 saturated heterocycles. The van der Waals surface area contributed by atoms with Crippen molar-refractivity contribution in [2.45, 2.75) is 58.0 Å². The van der Waals surface area contributed by atoms with E-state index < -0.39 is 24.3 Å². The van der Waals surface area contributed by atoms with E-state index in [-0.39, 0.29) is 0 Å². The molecular formula is C18H25O5-. The topological polar surface area (TPSA) is 86.7 Å². The van der Waals surface area contributed by atoms with Crippen molar-refractivity contribution < 1.29 is 24.5 Å². The molecule has 0 radical (unpaired) electrons. The predicted molar refractivity (Wildman–Crippen MR) is 85.3 cm³/mol. The van der Waals surface area contributed by atoms with Crippen molar-refractivity contribution in [1.82, 2.24) is 0 Å². The molecule has 1 aromatic carbocycles. The number of carbonyl (C=O) groups is 2. The summed E-state index contributed by atoms with van der Waals surface area (Å²) >= 11 is 0. The summed E-state index contributed by atoms with van der Waals surface area (Å²) in [4.78, 5) is 22.2. The quantitative estimate of drug-likeness (QED) is 0.470. The molecule has 1 rings (SSSR count). The van der Waals surface area contributed by atoms with Gasteiger partial charge in [0.15, 0.2) is 5.78 Å². The zero-order chi connectivity index (χ0) is 17.1. The second-order valence-corrected chi connectivity index (χ2v) is 5.60. The van der Waals surface area contributed by atoms with E-state index in [4.69, 9.17) is 9.84 Å². The van der Waals surface area contributed by atoms with Crippen LogP contribution in [-0.2, 0) is 4.79 Å². The van der Waals surface area contributed by atoms with Gasteiger partial charge in [0.05, 0.1) is 12.6 Å². The highest BCUT2D eigenvalue weighted by Crippen LogP contribution is 2.15. The molecular weight excluding hydrogens is 296 g/mol. The smallest absolute Gasteiger partial charge is 0.165 e. The van der Waals surface area contributed by atoms with Crippen LogP contribution in [0.5, 0.6) is 5.75 Å². The van der Waals surface area contributed by atoms with Gasteiger partial charge in [-0.25, -0.2) is 0 Å². The lowest BCUT2D eigenvalue weighted by Gasteiger charge is -2.11. The third-order valence-corrected chi connectivity index (χ3v) is 3.59. The molecule has 0 aliphatic rings. The van der Waals surface area contributed by atoms with Crippen LogP contribution in [0.1, 0.15) is 62.2 Å². The van der Waals surface area contributed by atoms with Gasteiger partial charge in [0.25, 0.3) is 0 Å². The Hall–Kier alpha value is -1.88. The van der Waals surface area contributed by atoms with Gasteiger partial charge >= 0.3 is 0 Å². The molecule has 0 spiro atoms. The molecule has 23 heavy (non-hydrogen) atoms. The average molecular weight is 321 g/mol. The van der Waals surface area contributed by atoms with Crippen LogP contribution < -0.4 is 9.84 Å². The number of rotatable bonds is 12. The van der Waals surface area contributed by atoms with Crippen molar-refractivity contribution in [1.29, 1.82) is 0 Å². The number of hydrogen-bond acceptors (Lipinski definition) is 5. The average Bonchev–Trinajstić information content (AvgIpc) is 2.54. The summed E-state index contributed by atoms with van der Waals surface area (Å²) in [5.41, 5.74) is 0.345. The first-order valence-electron chi connectivity index (χ1n) is 8.19. The molecule has 5 heteroatoms. The molecule has 0 heterocycles. The van der Waals surface area contributed by atoms with Gasteiger partial charge < -0.3 is 19.7 Å². The number of carboxylic acid groups (broad SMARTS) is 1. The van der Waals surface area contributed by atoms with E-state index in [1.54, 1.807) is 24.3 Å². The highest BCUT2D eigenvalue weighted by Gasteiger charge is 2.13. The van der Waals surface area contributed by atoms with Crippen LogP contribution >= 0.6 is 0 Å². The van der Waals surface area contributed by atoms with E-state index in [9.17, 15) is 14.7 Å². The van der Waals surface area contributed by atoms with Crippen molar-refractivity contribution in [2.75, 3.05) is 6.61 Å². The standard InChI is InChI=1S/C18H26O5/c1-2-3-4-5-6-7-12-23-15-10-8-14(9-11-15)16(19)13-17(20)18(21)22/h8-11,17,20H,2-7,12-13H2,1H3,(H,21,22)/p-1. The number of ether oxygens (including phenoxy) is 1. The van der Waals surface area contributed by atoms with E-state index in [1.165, 1.54) is 25.7 Å². The molecule has 1 unspecified atom stereocenters. The Morgan fingerprint density at radius 2 is 1.70 bits per heavy atom. The van der Waals surface area contributed by atoms with E-state index in [1.807, 2.05) is 0 Å². The zero-order valence-electron chi connectivity index (χ0n) is 13.6. The Bertz CT molecular complexity index is 481. The summed E-state index contributed by atoms with van der Waals surface area (Å²) in [6, 6.07) is 6.49. The first-order chi connectivity index (χ1) is 11.0. The molecule has 0 aliphatic carbocycles. The Morgan fingerprint density at radius 3 is 2.30 bits per heavy atom. The van der Waals surface area contributed by atoms with Gasteiger partial charge in [-0.2, -0.15) is 0 Å². The Balaban J connectivity index is 2.30. The van der Waals surface area contributed by atoms with E-state index in [2.05, 4.69) is 6.92 Å².